The van der Waals surface area contributed by atoms with E-state index in [1.165, 1.54) is 41.9 Å². The fourth-order valence-electron chi connectivity index (χ4n) is 5.14. The summed E-state index contributed by atoms with van der Waals surface area (Å²) in [5.74, 6) is -0.941. The molecule has 3 aromatic heterocycles. The van der Waals surface area contributed by atoms with Crippen LogP contribution in [0.1, 0.15) is 55.0 Å². The maximum Gasteiger partial charge on any atom is 0.304 e. The van der Waals surface area contributed by atoms with Crippen molar-refractivity contribution in [1.29, 1.82) is 0 Å². The highest BCUT2D eigenvalue weighted by Gasteiger charge is 2.30. The van der Waals surface area contributed by atoms with Crippen LogP contribution in [0.3, 0.4) is 0 Å². The molecule has 0 aliphatic heterocycles. The molecular formula is C28H31N5O6S3. The quantitative estimate of drug-likeness (QED) is 0.205. The minimum absolute atomic E-state index is 0.0232. The first-order chi connectivity index (χ1) is 20.2. The minimum atomic E-state index is -4.02. The normalized spacial score (nSPS) is 14.8. The highest BCUT2D eigenvalue weighted by atomic mass is 32.2. The summed E-state index contributed by atoms with van der Waals surface area (Å²) in [6, 6.07) is 9.83. The van der Waals surface area contributed by atoms with Crippen LogP contribution in [0.4, 0.5) is 5.13 Å². The maximum atomic E-state index is 13.6. The number of carboxylic acids is 1. The number of sulfonamides is 1. The second-order valence-electron chi connectivity index (χ2n) is 10.1. The van der Waals surface area contributed by atoms with Gasteiger partial charge in [0.15, 0.2) is 5.13 Å². The standard InChI is InChI=1S/C28H31N5O6S3/c1-39-23-11-10-22-27(31-23)41-28(30-22)32-26(36)21(16-18-4-2-3-5-18)19-6-8-20(9-7-19)42(37,38)33(14-12-25(34)35)17-24-29-13-15-40-24/h6-11,13,15,18,21H,2-5,12,14,16-17H2,1H3,(H,34,35)(H,30,32,36). The van der Waals surface area contributed by atoms with Gasteiger partial charge in [0.2, 0.25) is 21.8 Å². The average molecular weight is 630 g/mol. The lowest BCUT2D eigenvalue weighted by Gasteiger charge is -2.22. The van der Waals surface area contributed by atoms with Gasteiger partial charge in [0, 0.05) is 24.2 Å². The van der Waals surface area contributed by atoms with Crippen molar-refractivity contribution in [2.75, 3.05) is 19.0 Å². The third kappa shape index (κ3) is 7.12. The lowest BCUT2D eigenvalue weighted by atomic mass is 9.87. The Hall–Kier alpha value is -3.46. The number of pyridine rings is 1. The zero-order valence-corrected chi connectivity index (χ0v) is 25.4. The number of thiazole rings is 2. The molecule has 0 spiro atoms. The largest absolute Gasteiger partial charge is 0.481 e. The second-order valence-corrected chi connectivity index (χ2v) is 14.0. The predicted molar refractivity (Wildman–Crippen MR) is 160 cm³/mol. The molecule has 1 atom stereocenters. The van der Waals surface area contributed by atoms with Crippen LogP contribution in [-0.2, 0) is 26.2 Å². The van der Waals surface area contributed by atoms with Crippen molar-refractivity contribution in [2.24, 2.45) is 5.92 Å². The van der Waals surface area contributed by atoms with Gasteiger partial charge in [0.1, 0.15) is 15.4 Å². The van der Waals surface area contributed by atoms with Crippen LogP contribution in [-0.4, -0.2) is 58.3 Å². The van der Waals surface area contributed by atoms with Gasteiger partial charge in [-0.1, -0.05) is 49.2 Å². The SMILES string of the molecule is COc1ccc2nc(NC(=O)C(CC3CCCC3)c3ccc(S(=O)(=O)N(CCC(=O)O)Cc4nccs4)cc3)sc2n1. The number of carbonyl (C=O) groups excluding carboxylic acids is 1. The number of nitrogens with zero attached hydrogens (tertiary/aromatic N) is 4. The first kappa shape index (κ1) is 30.0. The van der Waals surface area contributed by atoms with Crippen LogP contribution < -0.4 is 10.1 Å². The van der Waals surface area contributed by atoms with E-state index in [4.69, 9.17) is 4.74 Å². The number of rotatable bonds is 13. The Bertz CT molecular complexity index is 1630. The third-order valence-corrected chi connectivity index (χ3v) is 10.8. The van der Waals surface area contributed by atoms with Gasteiger partial charge >= 0.3 is 5.97 Å². The fourth-order valence-corrected chi connectivity index (χ4v) is 8.09. The molecule has 14 heteroatoms. The Kier molecular flexibility index (Phi) is 9.46. The number of ether oxygens (including phenoxy) is 1. The molecule has 0 radical (unpaired) electrons. The zero-order valence-electron chi connectivity index (χ0n) is 22.9. The average Bonchev–Trinajstić information content (AvgIpc) is 3.76. The van der Waals surface area contributed by atoms with Crippen LogP contribution in [0.15, 0.2) is 52.9 Å². The number of carboxylic acid groups (broad SMARTS) is 1. The Morgan fingerprint density at radius 2 is 1.90 bits per heavy atom. The molecule has 0 saturated heterocycles. The monoisotopic (exact) mass is 629 g/mol. The Morgan fingerprint density at radius 3 is 2.57 bits per heavy atom. The van der Waals surface area contributed by atoms with E-state index in [0.29, 0.717) is 44.3 Å². The van der Waals surface area contributed by atoms with Gasteiger partial charge in [-0.2, -0.15) is 4.31 Å². The van der Waals surface area contributed by atoms with E-state index in [2.05, 4.69) is 20.3 Å². The molecular weight excluding hydrogens is 599 g/mol. The van der Waals surface area contributed by atoms with E-state index in [1.54, 1.807) is 35.8 Å². The van der Waals surface area contributed by atoms with Crippen LogP contribution >= 0.6 is 22.7 Å². The summed E-state index contributed by atoms with van der Waals surface area (Å²) in [5, 5.41) is 14.9. The molecule has 0 bridgehead atoms. The second kappa shape index (κ2) is 13.2. The van der Waals surface area contributed by atoms with Crippen LogP contribution in [0.5, 0.6) is 5.88 Å². The number of nitrogens with one attached hydrogen (secondary N) is 1. The fraction of sp³-hybridized carbons (Fsp3) is 0.393. The van der Waals surface area contributed by atoms with Gasteiger partial charge in [-0.3, -0.25) is 9.59 Å². The zero-order chi connectivity index (χ0) is 29.7. The van der Waals surface area contributed by atoms with Crippen LogP contribution in [0.25, 0.3) is 10.3 Å². The van der Waals surface area contributed by atoms with Gasteiger partial charge in [0.25, 0.3) is 0 Å². The smallest absolute Gasteiger partial charge is 0.304 e. The number of aromatic nitrogens is 3. The number of benzene rings is 1. The topological polar surface area (TPSA) is 152 Å². The van der Waals surface area contributed by atoms with Crippen LogP contribution in [0.2, 0.25) is 0 Å². The third-order valence-electron chi connectivity index (χ3n) is 7.32. The number of fused-ring (bicyclic) bond motifs is 1. The van der Waals surface area contributed by atoms with E-state index in [0.717, 1.165) is 30.0 Å². The molecule has 1 fully saturated rings. The highest BCUT2D eigenvalue weighted by Crippen LogP contribution is 2.36. The van der Waals surface area contributed by atoms with E-state index in [-0.39, 0.29) is 30.3 Å². The maximum absolute atomic E-state index is 13.6. The van der Waals surface area contributed by atoms with E-state index < -0.39 is 21.9 Å². The number of aliphatic carboxylic acids is 1. The summed E-state index contributed by atoms with van der Waals surface area (Å²) >= 11 is 2.56. The molecule has 3 heterocycles. The number of hydrogen-bond donors (Lipinski definition) is 2. The lowest BCUT2D eigenvalue weighted by molar-refractivity contribution is -0.137. The molecule has 222 valence electrons. The van der Waals surface area contributed by atoms with E-state index in [9.17, 15) is 23.1 Å². The van der Waals surface area contributed by atoms with Gasteiger partial charge < -0.3 is 15.2 Å². The van der Waals surface area contributed by atoms with Crippen molar-refractivity contribution in [3.8, 4) is 5.88 Å². The van der Waals surface area contributed by atoms with Gasteiger partial charge in [-0.25, -0.2) is 23.4 Å². The number of carbonyl (C=O) groups is 2. The van der Waals surface area contributed by atoms with Crippen molar-refractivity contribution in [3.63, 3.8) is 0 Å². The van der Waals surface area contributed by atoms with Gasteiger partial charge in [0.05, 0.1) is 30.9 Å². The first-order valence-electron chi connectivity index (χ1n) is 13.6. The van der Waals surface area contributed by atoms with Crippen molar-refractivity contribution >= 4 is 60.1 Å². The lowest BCUT2D eigenvalue weighted by Crippen LogP contribution is -2.32. The number of amides is 1. The Morgan fingerprint density at radius 1 is 1.14 bits per heavy atom. The van der Waals surface area contributed by atoms with Crippen molar-refractivity contribution < 1.29 is 27.9 Å². The summed E-state index contributed by atoms with van der Waals surface area (Å²) in [7, 11) is -2.48. The molecule has 42 heavy (non-hydrogen) atoms. The van der Waals surface area contributed by atoms with Gasteiger partial charge in [-0.05, 0) is 36.1 Å². The molecule has 1 saturated carbocycles. The summed E-state index contributed by atoms with van der Waals surface area (Å²) in [6.45, 7) is -0.209. The summed E-state index contributed by atoms with van der Waals surface area (Å²) in [4.78, 5) is 38.6. The molecule has 1 aliphatic carbocycles. The minimum Gasteiger partial charge on any atom is -0.481 e. The van der Waals surface area contributed by atoms with Crippen molar-refractivity contribution in [2.45, 2.75) is 55.9 Å². The van der Waals surface area contributed by atoms with Gasteiger partial charge in [-0.15, -0.1) is 11.3 Å². The van der Waals surface area contributed by atoms with Crippen molar-refractivity contribution in [1.82, 2.24) is 19.3 Å². The Balaban J connectivity index is 1.38. The molecule has 1 amide bonds. The Labute approximate surface area is 251 Å². The summed E-state index contributed by atoms with van der Waals surface area (Å²) in [6.07, 6.45) is 6.25. The van der Waals surface area contributed by atoms with Crippen LogP contribution in [0, 0.1) is 5.92 Å². The van der Waals surface area contributed by atoms with Crippen molar-refractivity contribution in [3.05, 3.63) is 58.5 Å². The molecule has 2 N–H and O–H groups in total. The molecule has 4 aromatic rings. The number of methoxy groups -OCH3 is 1. The van der Waals surface area contributed by atoms with E-state index in [1.807, 2.05) is 0 Å². The van der Waals surface area contributed by atoms with E-state index >= 15 is 0 Å². The molecule has 1 unspecified atom stereocenters. The number of hydrogen-bond acceptors (Lipinski definition) is 10. The number of anilines is 1. The first-order valence-corrected chi connectivity index (χ1v) is 16.7. The predicted octanol–water partition coefficient (Wildman–Crippen LogP) is 5.12. The summed E-state index contributed by atoms with van der Waals surface area (Å²) < 4.78 is 33.4. The molecule has 5 rings (SSSR count). The highest BCUT2D eigenvalue weighted by molar-refractivity contribution is 7.89. The summed E-state index contributed by atoms with van der Waals surface area (Å²) in [5.41, 5.74) is 1.36. The molecule has 11 nitrogen and oxygen atoms in total. The molecule has 1 aliphatic rings. The molecule has 1 aromatic carbocycles.